The van der Waals surface area contributed by atoms with Gasteiger partial charge < -0.3 is 72.4 Å². The monoisotopic (exact) mass is 731 g/mol. The van der Waals surface area contributed by atoms with Gasteiger partial charge in [0.1, 0.15) is 0 Å². The molecule has 0 aromatic heterocycles. The first-order valence-corrected chi connectivity index (χ1v) is 17.2. The highest BCUT2D eigenvalue weighted by atomic mass is 16.6. The van der Waals surface area contributed by atoms with Gasteiger partial charge in [0.15, 0.2) is 0 Å². The van der Waals surface area contributed by atoms with Crippen LogP contribution in [0.4, 0.5) is 0 Å². The summed E-state index contributed by atoms with van der Waals surface area (Å²) in [5.41, 5.74) is 0. The summed E-state index contributed by atoms with van der Waals surface area (Å²) in [6.45, 7) is 11.2. The van der Waals surface area contributed by atoms with Crippen LogP contribution < -0.4 is 5.32 Å². The summed E-state index contributed by atoms with van der Waals surface area (Å²) in [6.07, 6.45) is 0.452. The minimum Gasteiger partial charge on any atom is -0.481 e. The minimum absolute atomic E-state index is 0.00942. The highest BCUT2D eigenvalue weighted by Crippen LogP contribution is 1.91. The Labute approximate surface area is 295 Å². The molecular formula is C32H61NO17. The fraction of sp³-hybridized carbons (Fsp3) is 0.906. The zero-order valence-electron chi connectivity index (χ0n) is 29.5. The molecule has 0 atom stereocenters. The summed E-state index contributed by atoms with van der Waals surface area (Å²) in [5.74, 6) is -2.14. The first-order valence-electron chi connectivity index (χ1n) is 17.2. The number of carboxylic acids is 2. The molecule has 0 saturated carbocycles. The molecule has 1 amide bonds. The van der Waals surface area contributed by atoms with Gasteiger partial charge in [-0.2, -0.15) is 0 Å². The van der Waals surface area contributed by atoms with Crippen molar-refractivity contribution in [3.63, 3.8) is 0 Å². The van der Waals surface area contributed by atoms with Crippen LogP contribution in [0.3, 0.4) is 0 Å². The summed E-state index contributed by atoms with van der Waals surface area (Å²) in [4.78, 5) is 32.1. The number of carbonyl (C=O) groups excluding carboxylic acids is 1. The first-order chi connectivity index (χ1) is 24.5. The number of carboxylic acid groups (broad SMARTS) is 2. The summed E-state index contributed by atoms with van der Waals surface area (Å²) in [5, 5.41) is 19.7. The van der Waals surface area contributed by atoms with Crippen molar-refractivity contribution in [2.75, 3.05) is 165 Å². The number of ether oxygens (including phenoxy) is 12. The van der Waals surface area contributed by atoms with Crippen LogP contribution in [0.15, 0.2) is 0 Å². The van der Waals surface area contributed by atoms with Gasteiger partial charge in [0.05, 0.1) is 165 Å². The second-order valence-corrected chi connectivity index (χ2v) is 10.1. The van der Waals surface area contributed by atoms with E-state index in [-0.39, 0.29) is 31.8 Å². The minimum atomic E-state index is -0.987. The van der Waals surface area contributed by atoms with Crippen molar-refractivity contribution in [3.8, 4) is 0 Å². The van der Waals surface area contributed by atoms with Crippen molar-refractivity contribution < 1.29 is 81.4 Å². The second-order valence-electron chi connectivity index (χ2n) is 10.1. The van der Waals surface area contributed by atoms with Crippen LogP contribution in [0, 0.1) is 0 Å². The lowest BCUT2D eigenvalue weighted by Crippen LogP contribution is -2.25. The molecule has 0 radical (unpaired) electrons. The lowest BCUT2D eigenvalue weighted by molar-refractivity contribution is -0.139. The number of rotatable bonds is 43. The fourth-order valence-electron chi connectivity index (χ4n) is 3.39. The maximum atomic E-state index is 11.4. The summed E-state index contributed by atoms with van der Waals surface area (Å²) in [6, 6.07) is 0. The molecule has 0 bridgehead atoms. The molecule has 0 rings (SSSR count). The van der Waals surface area contributed by atoms with E-state index in [9.17, 15) is 14.4 Å². The standard InChI is InChI=1S/C32H61NO17/c34-30(2-3-31(35)36)33-5-1-6-39-8-10-41-12-14-43-16-18-45-20-22-47-24-26-49-28-29-50-27-25-48-23-21-46-19-17-44-15-13-42-11-9-40-7-4-32(37)38/h1-29H2,(H,33,34)(H,35,36)(H,37,38). The highest BCUT2D eigenvalue weighted by Gasteiger charge is 2.04. The number of nitrogens with one attached hydrogen (secondary N) is 1. The third-order valence-electron chi connectivity index (χ3n) is 5.91. The van der Waals surface area contributed by atoms with E-state index in [2.05, 4.69) is 5.32 Å². The normalized spacial score (nSPS) is 11.3. The molecule has 0 fully saturated rings. The Kier molecular flexibility index (Phi) is 39.6. The number of hydrogen-bond acceptors (Lipinski definition) is 15. The smallest absolute Gasteiger partial charge is 0.305 e. The first kappa shape index (κ1) is 47.9. The summed E-state index contributed by atoms with van der Waals surface area (Å²) < 4.78 is 64.8. The zero-order valence-corrected chi connectivity index (χ0v) is 29.5. The van der Waals surface area contributed by atoms with Gasteiger partial charge in [0.25, 0.3) is 0 Å². The summed E-state index contributed by atoms with van der Waals surface area (Å²) in [7, 11) is 0. The predicted molar refractivity (Wildman–Crippen MR) is 177 cm³/mol. The van der Waals surface area contributed by atoms with Crippen LogP contribution in [0.2, 0.25) is 0 Å². The number of aliphatic carboxylic acids is 2. The average Bonchev–Trinajstić information content (AvgIpc) is 3.09. The van der Waals surface area contributed by atoms with Crippen LogP contribution in [-0.2, 0) is 71.2 Å². The van der Waals surface area contributed by atoms with Crippen LogP contribution in [-0.4, -0.2) is 193 Å². The van der Waals surface area contributed by atoms with Crippen LogP contribution in [0.25, 0.3) is 0 Å². The predicted octanol–water partition coefficient (Wildman–Crippen LogP) is 0.0314. The number of hydrogen-bond donors (Lipinski definition) is 3. The third kappa shape index (κ3) is 44.0. The van der Waals surface area contributed by atoms with Gasteiger partial charge in [-0.15, -0.1) is 0 Å². The fourth-order valence-corrected chi connectivity index (χ4v) is 3.39. The molecular weight excluding hydrogens is 670 g/mol. The molecule has 296 valence electrons. The molecule has 18 nitrogen and oxygen atoms in total. The maximum absolute atomic E-state index is 11.4. The molecule has 0 aliphatic rings. The van der Waals surface area contributed by atoms with E-state index in [1.165, 1.54) is 0 Å². The highest BCUT2D eigenvalue weighted by molar-refractivity contribution is 5.80. The third-order valence-corrected chi connectivity index (χ3v) is 5.91. The lowest BCUT2D eigenvalue weighted by Gasteiger charge is -2.09. The Morgan fingerprint density at radius 3 is 0.820 bits per heavy atom. The van der Waals surface area contributed by atoms with Gasteiger partial charge in [-0.25, -0.2) is 0 Å². The molecule has 0 aliphatic carbocycles. The van der Waals surface area contributed by atoms with Crippen molar-refractivity contribution in [3.05, 3.63) is 0 Å². The van der Waals surface area contributed by atoms with Crippen molar-refractivity contribution in [2.24, 2.45) is 0 Å². The van der Waals surface area contributed by atoms with E-state index < -0.39 is 11.9 Å². The van der Waals surface area contributed by atoms with Gasteiger partial charge in [0.2, 0.25) is 5.91 Å². The molecule has 0 saturated heterocycles. The molecule has 0 aliphatic heterocycles. The van der Waals surface area contributed by atoms with Gasteiger partial charge in [-0.3, -0.25) is 14.4 Å². The van der Waals surface area contributed by atoms with Crippen molar-refractivity contribution >= 4 is 17.8 Å². The van der Waals surface area contributed by atoms with E-state index >= 15 is 0 Å². The molecule has 3 N–H and O–H groups in total. The zero-order chi connectivity index (χ0) is 36.4. The van der Waals surface area contributed by atoms with E-state index in [4.69, 9.17) is 67.1 Å². The van der Waals surface area contributed by atoms with E-state index in [1.54, 1.807) is 0 Å². The van der Waals surface area contributed by atoms with Crippen LogP contribution in [0.1, 0.15) is 25.7 Å². The van der Waals surface area contributed by atoms with Gasteiger partial charge in [-0.1, -0.05) is 0 Å². The Morgan fingerprint density at radius 1 is 0.320 bits per heavy atom. The maximum Gasteiger partial charge on any atom is 0.305 e. The van der Waals surface area contributed by atoms with Crippen LogP contribution in [0.5, 0.6) is 0 Å². The van der Waals surface area contributed by atoms with E-state index in [1.807, 2.05) is 0 Å². The average molecular weight is 732 g/mol. The summed E-state index contributed by atoms with van der Waals surface area (Å²) >= 11 is 0. The lowest BCUT2D eigenvalue weighted by atomic mass is 10.3. The molecule has 0 heterocycles. The number of amides is 1. The van der Waals surface area contributed by atoms with Crippen molar-refractivity contribution in [2.45, 2.75) is 25.7 Å². The second kappa shape index (κ2) is 41.4. The molecule has 0 unspecified atom stereocenters. The quantitative estimate of drug-likeness (QED) is 0.0706. The SMILES string of the molecule is O=C(O)CCOCCOCCOCCOCCOCCOCCOCCOCCOCCOCCOCCOCCCNC(=O)CCC(=O)O. The van der Waals surface area contributed by atoms with Crippen molar-refractivity contribution in [1.82, 2.24) is 5.32 Å². The molecule has 50 heavy (non-hydrogen) atoms. The van der Waals surface area contributed by atoms with Gasteiger partial charge in [0, 0.05) is 19.6 Å². The Balaban J connectivity index is 3.09. The van der Waals surface area contributed by atoms with E-state index in [0.29, 0.717) is 165 Å². The largest absolute Gasteiger partial charge is 0.481 e. The molecule has 0 aromatic rings. The molecule has 18 heteroatoms. The Bertz CT molecular complexity index is 750. The Morgan fingerprint density at radius 2 is 0.560 bits per heavy atom. The topological polar surface area (TPSA) is 214 Å². The van der Waals surface area contributed by atoms with Crippen molar-refractivity contribution in [1.29, 1.82) is 0 Å². The Hall–Kier alpha value is -2.07. The van der Waals surface area contributed by atoms with Gasteiger partial charge in [-0.05, 0) is 6.42 Å². The molecule has 0 aromatic carbocycles. The molecule has 0 spiro atoms. The van der Waals surface area contributed by atoms with Gasteiger partial charge >= 0.3 is 11.9 Å². The van der Waals surface area contributed by atoms with Crippen LogP contribution >= 0.6 is 0 Å². The number of carbonyl (C=O) groups is 3. The van der Waals surface area contributed by atoms with E-state index in [0.717, 1.165) is 0 Å².